The van der Waals surface area contributed by atoms with Crippen LogP contribution in [-0.4, -0.2) is 20.1 Å². The summed E-state index contributed by atoms with van der Waals surface area (Å²) in [5, 5.41) is 4.15. The van der Waals surface area contributed by atoms with Crippen molar-refractivity contribution < 1.29 is 4.52 Å². The Hall–Kier alpha value is -1.69. The molecule has 1 fully saturated rings. The number of nitrogens with one attached hydrogen (secondary N) is 1. The van der Waals surface area contributed by atoms with E-state index in [-0.39, 0.29) is 6.04 Å². The molecule has 0 aromatic carbocycles. The highest BCUT2D eigenvalue weighted by atomic mass is 16.5. The molecule has 1 aliphatic rings. The normalized spacial score (nSPS) is 20.5. The molecule has 0 aliphatic heterocycles. The first-order chi connectivity index (χ1) is 10.0. The number of H-pyrrole nitrogens is 1. The van der Waals surface area contributed by atoms with Gasteiger partial charge in [-0.2, -0.15) is 4.98 Å². The van der Waals surface area contributed by atoms with Gasteiger partial charge in [0, 0.05) is 24.2 Å². The van der Waals surface area contributed by atoms with Gasteiger partial charge in [0.05, 0.1) is 12.4 Å². The number of nitrogens with two attached hydrogens (primary N) is 1. The van der Waals surface area contributed by atoms with Crippen LogP contribution in [0.15, 0.2) is 17.0 Å². The zero-order valence-corrected chi connectivity index (χ0v) is 12.7. The van der Waals surface area contributed by atoms with E-state index in [4.69, 9.17) is 10.3 Å². The lowest BCUT2D eigenvalue weighted by atomic mass is 9.73. The van der Waals surface area contributed by atoms with Crippen LogP contribution in [0.1, 0.15) is 68.9 Å². The van der Waals surface area contributed by atoms with Gasteiger partial charge in [-0.1, -0.05) is 19.0 Å². The molecular weight excluding hydrogens is 266 g/mol. The number of aromatic amines is 1. The van der Waals surface area contributed by atoms with Gasteiger partial charge in [-0.15, -0.1) is 0 Å². The predicted molar refractivity (Wildman–Crippen MR) is 78.5 cm³/mol. The molecule has 0 unspecified atom stereocenters. The summed E-state index contributed by atoms with van der Waals surface area (Å²) in [6.45, 7) is 4.65. The first-order valence-corrected chi connectivity index (χ1v) is 7.60. The smallest absolute Gasteiger partial charge is 0.243 e. The minimum atomic E-state index is -0.285. The summed E-state index contributed by atoms with van der Waals surface area (Å²) in [7, 11) is 0. The van der Waals surface area contributed by atoms with Crippen molar-refractivity contribution in [1.82, 2.24) is 20.1 Å². The highest BCUT2D eigenvalue weighted by molar-refractivity contribution is 5.04. The average Bonchev–Trinajstić information content (AvgIpc) is 3.09. The maximum Gasteiger partial charge on any atom is 0.243 e. The Labute approximate surface area is 124 Å². The predicted octanol–water partition coefficient (Wildman–Crippen LogP) is 2.72. The Kier molecular flexibility index (Phi) is 3.80. The van der Waals surface area contributed by atoms with Gasteiger partial charge < -0.3 is 15.2 Å². The molecule has 21 heavy (non-hydrogen) atoms. The summed E-state index contributed by atoms with van der Waals surface area (Å²) in [5.74, 6) is 1.75. The number of hydrogen-bond acceptors (Lipinski definition) is 5. The molecule has 0 radical (unpaired) electrons. The minimum Gasteiger partial charge on any atom is -0.348 e. The van der Waals surface area contributed by atoms with E-state index < -0.39 is 0 Å². The van der Waals surface area contributed by atoms with Gasteiger partial charge >= 0.3 is 0 Å². The highest BCUT2D eigenvalue weighted by Gasteiger charge is 2.30. The van der Waals surface area contributed by atoms with Crippen molar-refractivity contribution in [2.24, 2.45) is 11.1 Å². The number of aromatic nitrogens is 4. The second kappa shape index (κ2) is 5.60. The van der Waals surface area contributed by atoms with Crippen molar-refractivity contribution in [1.29, 1.82) is 0 Å². The Morgan fingerprint density at radius 2 is 2.19 bits per heavy atom. The Morgan fingerprint density at radius 3 is 2.86 bits per heavy atom. The fourth-order valence-electron chi connectivity index (χ4n) is 2.94. The van der Waals surface area contributed by atoms with Crippen molar-refractivity contribution in [3.05, 3.63) is 29.9 Å². The van der Waals surface area contributed by atoms with E-state index >= 15 is 0 Å². The summed E-state index contributed by atoms with van der Waals surface area (Å²) in [6, 6.07) is -0.285. The number of rotatable bonds is 4. The summed E-state index contributed by atoms with van der Waals surface area (Å²) in [6.07, 6.45) is 8.71. The third-order valence-electron chi connectivity index (χ3n) is 4.47. The first kappa shape index (κ1) is 14.3. The molecule has 3 N–H and O–H groups in total. The van der Waals surface area contributed by atoms with Gasteiger partial charge in [0.15, 0.2) is 5.82 Å². The molecule has 2 aromatic rings. The van der Waals surface area contributed by atoms with Crippen LogP contribution in [0.25, 0.3) is 0 Å². The second-order valence-corrected chi connectivity index (χ2v) is 6.82. The molecule has 6 nitrogen and oxygen atoms in total. The lowest BCUT2D eigenvalue weighted by Crippen LogP contribution is -2.21. The minimum absolute atomic E-state index is 0.285. The molecule has 0 saturated heterocycles. The fourth-order valence-corrected chi connectivity index (χ4v) is 2.94. The highest BCUT2D eigenvalue weighted by Crippen LogP contribution is 2.41. The van der Waals surface area contributed by atoms with Gasteiger partial charge in [0.1, 0.15) is 0 Å². The van der Waals surface area contributed by atoms with E-state index in [9.17, 15) is 0 Å². The van der Waals surface area contributed by atoms with Gasteiger partial charge in [0.25, 0.3) is 0 Å². The van der Waals surface area contributed by atoms with Crippen LogP contribution in [0.2, 0.25) is 0 Å². The monoisotopic (exact) mass is 289 g/mol. The van der Waals surface area contributed by atoms with Crippen LogP contribution in [0.4, 0.5) is 0 Å². The molecular formula is C15H23N5O. The molecule has 1 saturated carbocycles. The largest absolute Gasteiger partial charge is 0.348 e. The van der Waals surface area contributed by atoms with Gasteiger partial charge in [0.2, 0.25) is 5.89 Å². The summed E-state index contributed by atoms with van der Waals surface area (Å²) >= 11 is 0. The Morgan fingerprint density at radius 1 is 1.43 bits per heavy atom. The van der Waals surface area contributed by atoms with Crippen LogP contribution in [0.5, 0.6) is 0 Å². The van der Waals surface area contributed by atoms with Crippen LogP contribution in [0, 0.1) is 5.41 Å². The zero-order chi connectivity index (χ0) is 14.9. The zero-order valence-electron chi connectivity index (χ0n) is 12.7. The molecule has 6 heteroatoms. The van der Waals surface area contributed by atoms with E-state index in [1.165, 1.54) is 12.8 Å². The standard InChI is InChI=1S/C15H23N5O/c1-15(2)5-3-10(4-6-15)13-19-14(21-20-13)12(16)7-11-8-17-9-18-11/h8-10,12H,3-7,16H2,1-2H3,(H,17,18)/t12-/m1/s1. The third kappa shape index (κ3) is 3.32. The molecule has 0 bridgehead atoms. The van der Waals surface area contributed by atoms with Crippen molar-refractivity contribution in [2.75, 3.05) is 0 Å². The van der Waals surface area contributed by atoms with E-state index in [0.29, 0.717) is 23.6 Å². The van der Waals surface area contributed by atoms with Crippen LogP contribution in [0.3, 0.4) is 0 Å². The van der Waals surface area contributed by atoms with E-state index in [1.54, 1.807) is 12.5 Å². The molecule has 3 rings (SSSR count). The summed E-state index contributed by atoms with van der Waals surface area (Å²) < 4.78 is 5.36. The Bertz CT molecular complexity index is 565. The average molecular weight is 289 g/mol. The lowest BCUT2D eigenvalue weighted by Gasteiger charge is -2.32. The molecule has 2 aromatic heterocycles. The fraction of sp³-hybridized carbons (Fsp3) is 0.667. The molecule has 114 valence electrons. The van der Waals surface area contributed by atoms with Gasteiger partial charge in [-0.05, 0) is 31.1 Å². The third-order valence-corrected chi connectivity index (χ3v) is 4.47. The topological polar surface area (TPSA) is 93.6 Å². The van der Waals surface area contributed by atoms with Crippen LogP contribution < -0.4 is 5.73 Å². The summed E-state index contributed by atoms with van der Waals surface area (Å²) in [4.78, 5) is 11.5. The van der Waals surface area contributed by atoms with Crippen molar-refractivity contribution >= 4 is 0 Å². The first-order valence-electron chi connectivity index (χ1n) is 7.60. The quantitative estimate of drug-likeness (QED) is 0.902. The SMILES string of the molecule is CC1(C)CCC(c2noc([C@H](N)Cc3cnc[nH]3)n2)CC1. The van der Waals surface area contributed by atoms with Crippen LogP contribution >= 0.6 is 0 Å². The van der Waals surface area contributed by atoms with E-state index in [1.807, 2.05) is 0 Å². The van der Waals surface area contributed by atoms with Crippen LogP contribution in [-0.2, 0) is 6.42 Å². The Balaban J connectivity index is 1.63. The number of hydrogen-bond donors (Lipinski definition) is 2. The van der Waals surface area contributed by atoms with E-state index in [2.05, 4.69) is 34.0 Å². The van der Waals surface area contributed by atoms with Gasteiger partial charge in [-0.3, -0.25) is 0 Å². The van der Waals surface area contributed by atoms with E-state index in [0.717, 1.165) is 24.4 Å². The maximum atomic E-state index is 6.13. The summed E-state index contributed by atoms with van der Waals surface area (Å²) in [5.41, 5.74) is 7.55. The van der Waals surface area contributed by atoms with Crippen molar-refractivity contribution in [2.45, 2.75) is 57.9 Å². The van der Waals surface area contributed by atoms with Crippen molar-refractivity contribution in [3.63, 3.8) is 0 Å². The number of imidazole rings is 1. The maximum absolute atomic E-state index is 6.13. The van der Waals surface area contributed by atoms with Crippen molar-refractivity contribution in [3.8, 4) is 0 Å². The molecule has 1 atom stereocenters. The molecule has 1 aliphatic carbocycles. The molecule has 0 amide bonds. The van der Waals surface area contributed by atoms with Gasteiger partial charge in [-0.25, -0.2) is 4.98 Å². The molecule has 2 heterocycles. The number of nitrogens with zero attached hydrogens (tertiary/aromatic N) is 3. The second-order valence-electron chi connectivity index (χ2n) is 6.82. The lowest BCUT2D eigenvalue weighted by molar-refractivity contribution is 0.218. The molecule has 0 spiro atoms.